The van der Waals surface area contributed by atoms with Gasteiger partial charge in [-0.1, -0.05) is 45.0 Å². The van der Waals surface area contributed by atoms with Gasteiger partial charge in [0.15, 0.2) is 11.5 Å². The van der Waals surface area contributed by atoms with E-state index in [1.165, 1.54) is 0 Å². The Bertz CT molecular complexity index is 1140. The van der Waals surface area contributed by atoms with E-state index in [1.54, 1.807) is 23.1 Å². The van der Waals surface area contributed by atoms with Crippen molar-refractivity contribution in [2.45, 2.75) is 38.6 Å². The molecule has 0 radical (unpaired) electrons. The van der Waals surface area contributed by atoms with Gasteiger partial charge in [0.05, 0.1) is 11.6 Å². The molecule has 2 heterocycles. The Labute approximate surface area is 206 Å². The highest BCUT2D eigenvalue weighted by Crippen LogP contribution is 2.41. The average molecular weight is 479 g/mol. The van der Waals surface area contributed by atoms with E-state index in [2.05, 4.69) is 20.8 Å². The molecule has 0 aromatic heterocycles. The van der Waals surface area contributed by atoms with Crippen molar-refractivity contribution in [3.63, 3.8) is 0 Å². The van der Waals surface area contributed by atoms with Crippen molar-refractivity contribution >= 4 is 17.4 Å². The van der Waals surface area contributed by atoms with Gasteiger partial charge in [-0.2, -0.15) is 0 Å². The first-order valence-electron chi connectivity index (χ1n) is 12.0. The third kappa shape index (κ3) is 5.05. The SMILES string of the molecule is CN(C)CCCN1C(=O)C(=O)C(=C(O)c2ccc3c(c2)OCCO3)[C@H]1c1ccc(C(C)(C)C)cc1. The molecule has 1 saturated heterocycles. The molecule has 2 aliphatic heterocycles. The van der Waals surface area contributed by atoms with E-state index in [4.69, 9.17) is 9.47 Å². The number of hydrogen-bond acceptors (Lipinski definition) is 6. The van der Waals surface area contributed by atoms with E-state index in [-0.39, 0.29) is 16.7 Å². The number of rotatable bonds is 6. The summed E-state index contributed by atoms with van der Waals surface area (Å²) < 4.78 is 11.2. The van der Waals surface area contributed by atoms with E-state index in [9.17, 15) is 14.7 Å². The average Bonchev–Trinajstić information content (AvgIpc) is 3.07. The fourth-order valence-corrected chi connectivity index (χ4v) is 4.53. The smallest absolute Gasteiger partial charge is 0.295 e. The molecule has 35 heavy (non-hydrogen) atoms. The molecule has 0 spiro atoms. The highest BCUT2D eigenvalue weighted by Gasteiger charge is 2.46. The topological polar surface area (TPSA) is 79.3 Å². The number of Topliss-reactive ketones (excluding diaryl/α,β-unsaturated/α-hetero) is 1. The number of carbonyl (C=O) groups is 2. The normalized spacial score (nSPS) is 19.5. The lowest BCUT2D eigenvalue weighted by atomic mass is 9.85. The Balaban J connectivity index is 1.78. The number of aliphatic hydroxyl groups excluding tert-OH is 1. The molecule has 0 aliphatic carbocycles. The van der Waals surface area contributed by atoms with Crippen LogP contribution in [0.5, 0.6) is 11.5 Å². The first-order valence-corrected chi connectivity index (χ1v) is 12.0. The van der Waals surface area contributed by atoms with Gasteiger partial charge in [-0.15, -0.1) is 0 Å². The zero-order valence-electron chi connectivity index (χ0n) is 21.1. The summed E-state index contributed by atoms with van der Waals surface area (Å²) in [7, 11) is 3.94. The molecular weight excluding hydrogens is 444 g/mol. The molecule has 0 bridgehead atoms. The summed E-state index contributed by atoms with van der Waals surface area (Å²) in [5.74, 6) is -0.377. The highest BCUT2D eigenvalue weighted by molar-refractivity contribution is 6.46. The Morgan fingerprint density at radius 2 is 1.69 bits per heavy atom. The Morgan fingerprint density at radius 3 is 2.31 bits per heavy atom. The molecule has 186 valence electrons. The Morgan fingerprint density at radius 1 is 1.03 bits per heavy atom. The third-order valence-corrected chi connectivity index (χ3v) is 6.45. The van der Waals surface area contributed by atoms with Crippen LogP contribution < -0.4 is 9.47 Å². The number of aliphatic hydroxyl groups is 1. The summed E-state index contributed by atoms with van der Waals surface area (Å²) in [6, 6.07) is 12.3. The molecule has 7 heteroatoms. The van der Waals surface area contributed by atoms with Crippen LogP contribution in [0.4, 0.5) is 0 Å². The van der Waals surface area contributed by atoms with E-state index in [0.717, 1.165) is 17.7 Å². The van der Waals surface area contributed by atoms with Gasteiger partial charge in [-0.25, -0.2) is 0 Å². The molecule has 2 aromatic rings. The maximum absolute atomic E-state index is 13.3. The van der Waals surface area contributed by atoms with Crippen molar-refractivity contribution in [3.05, 3.63) is 64.7 Å². The lowest BCUT2D eigenvalue weighted by Gasteiger charge is -2.27. The van der Waals surface area contributed by atoms with Crippen molar-refractivity contribution < 1.29 is 24.2 Å². The zero-order valence-corrected chi connectivity index (χ0v) is 21.1. The van der Waals surface area contributed by atoms with Gasteiger partial charge in [0.25, 0.3) is 11.7 Å². The molecule has 1 N–H and O–H groups in total. The first kappa shape index (κ1) is 24.8. The van der Waals surface area contributed by atoms with E-state index >= 15 is 0 Å². The highest BCUT2D eigenvalue weighted by atomic mass is 16.6. The van der Waals surface area contributed by atoms with Crippen LogP contribution in [0.25, 0.3) is 5.76 Å². The van der Waals surface area contributed by atoms with E-state index in [0.29, 0.717) is 43.2 Å². The van der Waals surface area contributed by atoms with Crippen LogP contribution in [0.15, 0.2) is 48.0 Å². The molecule has 2 aliphatic rings. The monoisotopic (exact) mass is 478 g/mol. The van der Waals surface area contributed by atoms with Gasteiger partial charge in [-0.05, 0) is 61.8 Å². The second-order valence-electron chi connectivity index (χ2n) is 10.4. The molecule has 0 saturated carbocycles. The Hall–Kier alpha value is -3.32. The minimum atomic E-state index is -0.674. The van der Waals surface area contributed by atoms with Crippen LogP contribution in [0.2, 0.25) is 0 Å². The summed E-state index contributed by atoms with van der Waals surface area (Å²) in [5.41, 5.74) is 2.42. The maximum atomic E-state index is 13.3. The van der Waals surface area contributed by atoms with Crippen LogP contribution in [0, 0.1) is 0 Å². The lowest BCUT2D eigenvalue weighted by molar-refractivity contribution is -0.139. The van der Waals surface area contributed by atoms with Gasteiger partial charge in [0.2, 0.25) is 0 Å². The third-order valence-electron chi connectivity index (χ3n) is 6.45. The van der Waals surface area contributed by atoms with Crippen LogP contribution in [-0.4, -0.2) is 67.0 Å². The van der Waals surface area contributed by atoms with Gasteiger partial charge >= 0.3 is 0 Å². The summed E-state index contributed by atoms with van der Waals surface area (Å²) in [5, 5.41) is 11.3. The van der Waals surface area contributed by atoms with Gasteiger partial charge < -0.3 is 24.4 Å². The number of ether oxygens (including phenoxy) is 2. The fourth-order valence-electron chi connectivity index (χ4n) is 4.53. The standard InChI is InChI=1S/C28H34N2O5/c1-28(2,3)20-10-7-18(8-11-20)24-23(26(32)27(33)30(24)14-6-13-29(4)5)25(31)19-9-12-21-22(17-19)35-16-15-34-21/h7-12,17,24,31H,6,13-16H2,1-5H3/t24-/m1/s1. The minimum absolute atomic E-state index is 0.0305. The summed E-state index contributed by atoms with van der Waals surface area (Å²) in [4.78, 5) is 30.0. The van der Waals surface area contributed by atoms with E-state index < -0.39 is 17.7 Å². The quantitative estimate of drug-likeness (QED) is 0.382. The summed E-state index contributed by atoms with van der Waals surface area (Å²) in [6.07, 6.45) is 0.709. The number of benzene rings is 2. The first-order chi connectivity index (χ1) is 16.6. The molecule has 7 nitrogen and oxygen atoms in total. The van der Waals surface area contributed by atoms with Crippen molar-refractivity contribution in [2.24, 2.45) is 0 Å². The second kappa shape index (κ2) is 9.74. The molecule has 4 rings (SSSR count). The second-order valence-corrected chi connectivity index (χ2v) is 10.4. The summed E-state index contributed by atoms with van der Waals surface area (Å²) >= 11 is 0. The van der Waals surface area contributed by atoms with Crippen LogP contribution in [0.1, 0.15) is 49.9 Å². The van der Waals surface area contributed by atoms with Gasteiger partial charge in [0.1, 0.15) is 19.0 Å². The number of nitrogens with zero attached hydrogens (tertiary/aromatic N) is 2. The zero-order chi connectivity index (χ0) is 25.3. The molecule has 0 unspecified atom stereocenters. The number of hydrogen-bond donors (Lipinski definition) is 1. The number of carbonyl (C=O) groups excluding carboxylic acids is 2. The molecule has 1 fully saturated rings. The lowest BCUT2D eigenvalue weighted by Crippen LogP contribution is -2.32. The predicted octanol–water partition coefficient (Wildman–Crippen LogP) is 4.13. The minimum Gasteiger partial charge on any atom is -0.507 e. The maximum Gasteiger partial charge on any atom is 0.295 e. The van der Waals surface area contributed by atoms with Crippen LogP contribution >= 0.6 is 0 Å². The van der Waals surface area contributed by atoms with Crippen molar-refractivity contribution in [2.75, 3.05) is 40.4 Å². The molecular formula is C28H34N2O5. The fraction of sp³-hybridized carbons (Fsp3) is 0.429. The van der Waals surface area contributed by atoms with Crippen LogP contribution in [0.3, 0.4) is 0 Å². The molecule has 1 amide bonds. The van der Waals surface area contributed by atoms with E-state index in [1.807, 2.05) is 43.3 Å². The van der Waals surface area contributed by atoms with Gasteiger partial charge in [0, 0.05) is 12.1 Å². The van der Waals surface area contributed by atoms with Gasteiger partial charge in [-0.3, -0.25) is 9.59 Å². The van der Waals surface area contributed by atoms with Crippen molar-refractivity contribution in [3.8, 4) is 11.5 Å². The number of amides is 1. The summed E-state index contributed by atoms with van der Waals surface area (Å²) in [6.45, 7) is 8.47. The number of likely N-dealkylation sites (tertiary alicyclic amines) is 1. The predicted molar refractivity (Wildman–Crippen MR) is 135 cm³/mol. The molecule has 2 aromatic carbocycles. The van der Waals surface area contributed by atoms with Crippen molar-refractivity contribution in [1.29, 1.82) is 0 Å². The Kier molecular flexibility index (Phi) is 6.90. The molecule has 1 atom stereocenters. The number of fused-ring (bicyclic) bond motifs is 1. The van der Waals surface area contributed by atoms with Crippen molar-refractivity contribution in [1.82, 2.24) is 9.80 Å². The largest absolute Gasteiger partial charge is 0.507 e. The van der Waals surface area contributed by atoms with Crippen LogP contribution in [-0.2, 0) is 15.0 Å². The number of ketones is 1.